The Hall–Kier alpha value is -1.39. The quantitative estimate of drug-likeness (QED) is 0.664. The van der Waals surface area contributed by atoms with E-state index in [9.17, 15) is 0 Å². The second-order valence-corrected chi connectivity index (χ2v) is 5.85. The van der Waals surface area contributed by atoms with Crippen molar-refractivity contribution in [2.45, 2.75) is 10.1 Å². The first-order chi connectivity index (χ1) is 8.42. The Morgan fingerprint density at radius 2 is 2.06 bits per heavy atom. The van der Waals surface area contributed by atoms with Crippen molar-refractivity contribution in [2.24, 2.45) is 0 Å². The van der Waals surface area contributed by atoms with E-state index in [0.29, 0.717) is 0 Å². The van der Waals surface area contributed by atoms with E-state index in [-0.39, 0.29) is 0 Å². The number of rotatable bonds is 3. The van der Waals surface area contributed by atoms with E-state index in [0.717, 1.165) is 15.6 Å². The summed E-state index contributed by atoms with van der Waals surface area (Å²) in [5.41, 5.74) is 2.32. The minimum Gasteiger partial charge on any atom is -0.264 e. The molecule has 0 aliphatic heterocycles. The Labute approximate surface area is 108 Å². The van der Waals surface area contributed by atoms with Gasteiger partial charge in [0.2, 0.25) is 0 Å². The molecule has 0 fully saturated rings. The Morgan fingerprint density at radius 1 is 1.12 bits per heavy atom. The molecule has 1 aromatic carbocycles. The lowest BCUT2D eigenvalue weighted by atomic mass is 10.3. The maximum absolute atomic E-state index is 4.59. The zero-order valence-corrected chi connectivity index (χ0v) is 10.7. The van der Waals surface area contributed by atoms with Gasteiger partial charge in [-0.05, 0) is 23.8 Å². The predicted molar refractivity (Wildman–Crippen MR) is 73.4 cm³/mol. The average Bonchev–Trinajstić information content (AvgIpc) is 2.80. The number of pyridine rings is 1. The van der Waals surface area contributed by atoms with Crippen LogP contribution in [-0.4, -0.2) is 9.97 Å². The molecule has 84 valence electrons. The number of hydrogen-bond donors (Lipinski definition) is 0. The number of thioether (sulfide) groups is 1. The third-order valence-corrected chi connectivity index (χ3v) is 4.61. The summed E-state index contributed by atoms with van der Waals surface area (Å²) in [6, 6.07) is 12.3. The zero-order valence-electron chi connectivity index (χ0n) is 9.04. The monoisotopic (exact) mass is 258 g/mol. The standard InChI is InChI=1S/C13H10N2S2/c1-2-6-12-11(5-1)15-13(17-12)16-9-10-4-3-7-14-8-10/h1-8H,9H2. The van der Waals surface area contributed by atoms with Crippen molar-refractivity contribution in [1.82, 2.24) is 9.97 Å². The van der Waals surface area contributed by atoms with Crippen LogP contribution in [0.2, 0.25) is 0 Å². The molecule has 0 saturated heterocycles. The van der Waals surface area contributed by atoms with Gasteiger partial charge < -0.3 is 0 Å². The molecule has 3 rings (SSSR count). The summed E-state index contributed by atoms with van der Waals surface area (Å²) >= 11 is 3.51. The summed E-state index contributed by atoms with van der Waals surface area (Å²) in [6.07, 6.45) is 3.70. The molecule has 3 aromatic rings. The molecule has 4 heteroatoms. The van der Waals surface area contributed by atoms with E-state index in [2.05, 4.69) is 34.2 Å². The fourth-order valence-corrected chi connectivity index (χ4v) is 3.54. The summed E-state index contributed by atoms with van der Waals surface area (Å²) in [7, 11) is 0. The van der Waals surface area contributed by atoms with Gasteiger partial charge in [0.25, 0.3) is 0 Å². The third kappa shape index (κ3) is 2.48. The van der Waals surface area contributed by atoms with Gasteiger partial charge >= 0.3 is 0 Å². The Kier molecular flexibility index (Phi) is 3.07. The highest BCUT2D eigenvalue weighted by Gasteiger charge is 2.03. The first kappa shape index (κ1) is 10.7. The van der Waals surface area contributed by atoms with Gasteiger partial charge in [-0.25, -0.2) is 4.98 Å². The van der Waals surface area contributed by atoms with Gasteiger partial charge in [-0.15, -0.1) is 11.3 Å². The summed E-state index contributed by atoms with van der Waals surface area (Å²) in [6.45, 7) is 0. The number of benzene rings is 1. The fraction of sp³-hybridized carbons (Fsp3) is 0.0769. The molecule has 0 spiro atoms. The Balaban J connectivity index is 1.77. The molecule has 2 aromatic heterocycles. The second-order valence-electron chi connectivity index (χ2n) is 3.60. The third-order valence-electron chi connectivity index (χ3n) is 2.36. The molecule has 0 saturated carbocycles. The normalized spacial score (nSPS) is 10.8. The Morgan fingerprint density at radius 3 is 2.88 bits per heavy atom. The van der Waals surface area contributed by atoms with Crippen molar-refractivity contribution in [1.29, 1.82) is 0 Å². The van der Waals surface area contributed by atoms with E-state index < -0.39 is 0 Å². The van der Waals surface area contributed by atoms with Crippen LogP contribution in [0.25, 0.3) is 10.2 Å². The number of fused-ring (bicyclic) bond motifs is 1. The highest BCUT2D eigenvalue weighted by atomic mass is 32.2. The number of hydrogen-bond acceptors (Lipinski definition) is 4. The summed E-state index contributed by atoms with van der Waals surface area (Å²) in [4.78, 5) is 8.70. The number of para-hydroxylation sites is 1. The molecular weight excluding hydrogens is 248 g/mol. The molecule has 0 amide bonds. The van der Waals surface area contributed by atoms with Crippen LogP contribution in [0.3, 0.4) is 0 Å². The highest BCUT2D eigenvalue weighted by Crippen LogP contribution is 2.30. The van der Waals surface area contributed by atoms with Gasteiger partial charge in [0.15, 0.2) is 4.34 Å². The first-order valence-corrected chi connectivity index (χ1v) is 7.09. The van der Waals surface area contributed by atoms with Crippen LogP contribution < -0.4 is 0 Å². The molecule has 0 radical (unpaired) electrons. The topological polar surface area (TPSA) is 25.8 Å². The van der Waals surface area contributed by atoms with Gasteiger partial charge in [0, 0.05) is 18.1 Å². The van der Waals surface area contributed by atoms with Crippen molar-refractivity contribution >= 4 is 33.3 Å². The van der Waals surface area contributed by atoms with Crippen LogP contribution in [0.4, 0.5) is 0 Å². The van der Waals surface area contributed by atoms with Crippen LogP contribution in [-0.2, 0) is 5.75 Å². The van der Waals surface area contributed by atoms with Crippen LogP contribution in [0.15, 0.2) is 53.1 Å². The molecule has 0 aliphatic carbocycles. The van der Waals surface area contributed by atoms with Gasteiger partial charge in [-0.3, -0.25) is 4.98 Å². The zero-order chi connectivity index (χ0) is 11.5. The highest BCUT2D eigenvalue weighted by molar-refractivity contribution is 8.00. The molecule has 0 N–H and O–H groups in total. The maximum atomic E-state index is 4.59. The van der Waals surface area contributed by atoms with E-state index in [1.54, 1.807) is 29.3 Å². The molecular formula is C13H10N2S2. The smallest absolute Gasteiger partial charge is 0.151 e. The van der Waals surface area contributed by atoms with Gasteiger partial charge in [-0.1, -0.05) is 30.0 Å². The number of thiazole rings is 1. The first-order valence-electron chi connectivity index (χ1n) is 5.29. The molecule has 17 heavy (non-hydrogen) atoms. The largest absolute Gasteiger partial charge is 0.264 e. The summed E-state index contributed by atoms with van der Waals surface area (Å²) in [5, 5.41) is 0. The minimum atomic E-state index is 0.924. The van der Waals surface area contributed by atoms with Crippen LogP contribution >= 0.6 is 23.1 Å². The Bertz CT molecular complexity index is 586. The van der Waals surface area contributed by atoms with Crippen LogP contribution in [0.5, 0.6) is 0 Å². The summed E-state index contributed by atoms with van der Waals surface area (Å²) in [5.74, 6) is 0.924. The maximum Gasteiger partial charge on any atom is 0.151 e. The molecule has 0 atom stereocenters. The van der Waals surface area contributed by atoms with E-state index in [1.807, 2.05) is 18.3 Å². The molecule has 0 aliphatic rings. The van der Waals surface area contributed by atoms with Crippen molar-refractivity contribution in [3.8, 4) is 0 Å². The van der Waals surface area contributed by atoms with Crippen molar-refractivity contribution in [2.75, 3.05) is 0 Å². The lowest BCUT2D eigenvalue weighted by Gasteiger charge is -1.96. The average molecular weight is 258 g/mol. The predicted octanol–water partition coefficient (Wildman–Crippen LogP) is 3.98. The van der Waals surface area contributed by atoms with Gasteiger partial charge in [0.05, 0.1) is 10.2 Å². The van der Waals surface area contributed by atoms with Crippen molar-refractivity contribution < 1.29 is 0 Å². The number of nitrogens with zero attached hydrogens (tertiary/aromatic N) is 2. The minimum absolute atomic E-state index is 0.924. The van der Waals surface area contributed by atoms with Gasteiger partial charge in [-0.2, -0.15) is 0 Å². The van der Waals surface area contributed by atoms with Crippen LogP contribution in [0.1, 0.15) is 5.56 Å². The van der Waals surface area contributed by atoms with Crippen molar-refractivity contribution in [3.05, 3.63) is 54.4 Å². The lowest BCUT2D eigenvalue weighted by Crippen LogP contribution is -1.80. The fourth-order valence-electron chi connectivity index (χ4n) is 1.54. The van der Waals surface area contributed by atoms with E-state index >= 15 is 0 Å². The molecule has 2 nitrogen and oxygen atoms in total. The van der Waals surface area contributed by atoms with Crippen molar-refractivity contribution in [3.63, 3.8) is 0 Å². The molecule has 0 bridgehead atoms. The molecule has 2 heterocycles. The summed E-state index contributed by atoms with van der Waals surface area (Å²) < 4.78 is 2.37. The van der Waals surface area contributed by atoms with E-state index in [1.165, 1.54) is 10.3 Å². The second kappa shape index (κ2) is 4.85. The lowest BCUT2D eigenvalue weighted by molar-refractivity contribution is 1.24. The van der Waals surface area contributed by atoms with E-state index in [4.69, 9.17) is 0 Å². The van der Waals surface area contributed by atoms with Gasteiger partial charge in [0.1, 0.15) is 0 Å². The van der Waals surface area contributed by atoms with Crippen LogP contribution in [0, 0.1) is 0 Å². The SMILES string of the molecule is c1cncc(CSc2nc3ccccc3s2)c1. The number of aromatic nitrogens is 2. The molecule has 0 unspecified atom stereocenters.